The van der Waals surface area contributed by atoms with Crippen LogP contribution in [0.3, 0.4) is 0 Å². The number of aryl methyl sites for hydroxylation is 2. The monoisotopic (exact) mass is 550 g/mol. The zero-order valence-corrected chi connectivity index (χ0v) is 23.0. The minimum Gasteiger partial charge on any atom is -0.497 e. The zero-order valence-electron chi connectivity index (χ0n) is 21.5. The van der Waals surface area contributed by atoms with Gasteiger partial charge in [-0.2, -0.15) is 0 Å². The van der Waals surface area contributed by atoms with Crippen LogP contribution in [0.5, 0.6) is 5.75 Å². The van der Waals surface area contributed by atoms with E-state index >= 15 is 0 Å². The summed E-state index contributed by atoms with van der Waals surface area (Å²) in [6.45, 7) is 10.5. The van der Waals surface area contributed by atoms with Gasteiger partial charge in [0.25, 0.3) is 0 Å². The number of benzene rings is 1. The lowest BCUT2D eigenvalue weighted by Crippen LogP contribution is -2.27. The van der Waals surface area contributed by atoms with Gasteiger partial charge in [0.05, 0.1) is 29.5 Å². The molecular weight excluding hydrogens is 520 g/mol. The summed E-state index contributed by atoms with van der Waals surface area (Å²) >= 11 is 3.73. The second-order valence-corrected chi connectivity index (χ2v) is 10.4. The fourth-order valence-electron chi connectivity index (χ4n) is 3.94. The van der Waals surface area contributed by atoms with E-state index in [1.807, 2.05) is 56.5 Å². The highest BCUT2D eigenvalue weighted by Gasteiger charge is 2.24. The van der Waals surface area contributed by atoms with Crippen molar-refractivity contribution in [3.63, 3.8) is 0 Å². The molecular formula is C28H31BrN4O3. The molecule has 0 saturated carbocycles. The zero-order chi connectivity index (χ0) is 26.0. The summed E-state index contributed by atoms with van der Waals surface area (Å²) in [5.41, 5.74) is 5.35. The van der Waals surface area contributed by atoms with E-state index < -0.39 is 5.60 Å². The van der Waals surface area contributed by atoms with Gasteiger partial charge in [0, 0.05) is 29.9 Å². The number of rotatable bonds is 7. The Balaban J connectivity index is 1.59. The van der Waals surface area contributed by atoms with Gasteiger partial charge in [-0.25, -0.2) is 9.97 Å². The highest BCUT2D eigenvalue weighted by molar-refractivity contribution is 9.11. The number of aromatic nitrogens is 3. The van der Waals surface area contributed by atoms with Crippen LogP contribution in [0.1, 0.15) is 43.3 Å². The van der Waals surface area contributed by atoms with Gasteiger partial charge >= 0.3 is 0 Å². The van der Waals surface area contributed by atoms with Crippen molar-refractivity contribution in [2.75, 3.05) is 18.6 Å². The second kappa shape index (κ2) is 10.4. The molecule has 0 saturated heterocycles. The van der Waals surface area contributed by atoms with Gasteiger partial charge in [-0.15, -0.1) is 0 Å². The quantitative estimate of drug-likeness (QED) is 0.389. The van der Waals surface area contributed by atoms with E-state index in [4.69, 9.17) is 9.47 Å². The Morgan fingerprint density at radius 2 is 1.83 bits per heavy atom. The molecule has 0 amide bonds. The fraction of sp³-hybridized carbons (Fsp3) is 0.321. The molecule has 1 aromatic carbocycles. The van der Waals surface area contributed by atoms with Crippen LogP contribution in [-0.4, -0.2) is 33.7 Å². The summed E-state index contributed by atoms with van der Waals surface area (Å²) in [4.78, 5) is 15.8. The normalized spacial score (nSPS) is 14.1. The van der Waals surface area contributed by atoms with Gasteiger partial charge in [0.2, 0.25) is 0 Å². The third-order valence-electron chi connectivity index (χ3n) is 5.99. The number of allylic oxidation sites excluding steroid dienone is 2. The van der Waals surface area contributed by atoms with Crippen LogP contribution in [0.25, 0.3) is 11.4 Å². The maximum atomic E-state index is 10.4. The van der Waals surface area contributed by atoms with Gasteiger partial charge in [-0.05, 0) is 85.4 Å². The van der Waals surface area contributed by atoms with Gasteiger partial charge in [-0.1, -0.05) is 12.1 Å². The molecule has 4 rings (SSSR count). The molecule has 0 unspecified atom stereocenters. The van der Waals surface area contributed by atoms with Crippen molar-refractivity contribution in [2.24, 2.45) is 0 Å². The van der Waals surface area contributed by atoms with Gasteiger partial charge < -0.3 is 19.5 Å². The Labute approximate surface area is 220 Å². The smallest absolute Gasteiger partial charge is 0.160 e. The van der Waals surface area contributed by atoms with E-state index in [-0.39, 0.29) is 0 Å². The molecule has 3 heterocycles. The summed E-state index contributed by atoms with van der Waals surface area (Å²) in [6, 6.07) is 9.90. The number of methoxy groups -OCH3 is 1. The van der Waals surface area contributed by atoms with Crippen molar-refractivity contribution in [1.29, 1.82) is 0 Å². The minimum atomic E-state index is -1.14. The number of ether oxygens (including phenoxy) is 2. The van der Waals surface area contributed by atoms with Crippen LogP contribution in [0.4, 0.5) is 5.69 Å². The molecule has 36 heavy (non-hydrogen) atoms. The SMILES string of the molecule is COc1cccc(COC2=C(Br)CN(c3cc(-c4nc(C(C)(C)O)ncc4C)ncc3C)C(C)=C2)c1. The molecule has 1 N–H and O–H groups in total. The largest absolute Gasteiger partial charge is 0.497 e. The van der Waals surface area contributed by atoms with E-state index in [9.17, 15) is 5.11 Å². The highest BCUT2D eigenvalue weighted by Crippen LogP contribution is 2.34. The maximum Gasteiger partial charge on any atom is 0.160 e. The third-order valence-corrected chi connectivity index (χ3v) is 6.63. The molecule has 0 spiro atoms. The molecule has 1 aliphatic heterocycles. The molecule has 2 aromatic heterocycles. The van der Waals surface area contributed by atoms with Crippen LogP contribution < -0.4 is 9.64 Å². The standard InChI is InChI=1S/C28H31BrN4O3/c1-17-13-30-23(26-18(2)14-31-27(32-26)28(4,5)34)12-24(17)33-15-22(29)25(10-19(33)3)36-16-20-8-7-9-21(11-20)35-6/h7-14,34H,15-16H2,1-6H3. The second-order valence-electron chi connectivity index (χ2n) is 9.42. The van der Waals surface area contributed by atoms with E-state index in [0.29, 0.717) is 24.7 Å². The van der Waals surface area contributed by atoms with Gasteiger partial charge in [0.1, 0.15) is 23.7 Å². The van der Waals surface area contributed by atoms with E-state index in [1.165, 1.54) is 0 Å². The number of hydrogen-bond acceptors (Lipinski definition) is 7. The number of halogens is 1. The lowest BCUT2D eigenvalue weighted by atomic mass is 10.1. The summed E-state index contributed by atoms with van der Waals surface area (Å²) < 4.78 is 12.4. The predicted molar refractivity (Wildman–Crippen MR) is 145 cm³/mol. The minimum absolute atomic E-state index is 0.365. The first-order valence-electron chi connectivity index (χ1n) is 11.7. The van der Waals surface area contributed by atoms with Crippen molar-refractivity contribution in [3.05, 3.63) is 87.3 Å². The Morgan fingerprint density at radius 1 is 1.08 bits per heavy atom. The first kappa shape index (κ1) is 25.9. The predicted octanol–water partition coefficient (Wildman–Crippen LogP) is 5.94. The Morgan fingerprint density at radius 3 is 2.56 bits per heavy atom. The summed E-state index contributed by atoms with van der Waals surface area (Å²) in [5.74, 6) is 1.98. The summed E-state index contributed by atoms with van der Waals surface area (Å²) in [7, 11) is 1.66. The number of pyridine rings is 1. The lowest BCUT2D eigenvalue weighted by Gasteiger charge is -2.31. The molecule has 0 radical (unpaired) electrons. The number of nitrogens with zero attached hydrogens (tertiary/aromatic N) is 4. The molecule has 3 aromatic rings. The molecule has 0 bridgehead atoms. The Bertz CT molecular complexity index is 1340. The average molecular weight is 551 g/mol. The van der Waals surface area contributed by atoms with Crippen molar-refractivity contribution >= 4 is 21.6 Å². The maximum absolute atomic E-state index is 10.4. The van der Waals surface area contributed by atoms with Crippen LogP contribution >= 0.6 is 15.9 Å². The molecule has 0 aliphatic carbocycles. The molecule has 1 aliphatic rings. The van der Waals surface area contributed by atoms with Crippen LogP contribution in [0.2, 0.25) is 0 Å². The third kappa shape index (κ3) is 5.60. The lowest BCUT2D eigenvalue weighted by molar-refractivity contribution is 0.0688. The van der Waals surface area contributed by atoms with Crippen LogP contribution in [0.15, 0.2) is 64.7 Å². The van der Waals surface area contributed by atoms with E-state index in [2.05, 4.69) is 42.7 Å². The molecule has 0 atom stereocenters. The first-order valence-corrected chi connectivity index (χ1v) is 12.5. The summed E-state index contributed by atoms with van der Waals surface area (Å²) in [6.07, 6.45) is 5.62. The van der Waals surface area contributed by atoms with Crippen LogP contribution in [0, 0.1) is 13.8 Å². The van der Waals surface area contributed by atoms with Crippen molar-refractivity contribution < 1.29 is 14.6 Å². The Kier molecular flexibility index (Phi) is 7.47. The highest BCUT2D eigenvalue weighted by atomic mass is 79.9. The van der Waals surface area contributed by atoms with Crippen LogP contribution in [-0.2, 0) is 16.9 Å². The summed E-state index contributed by atoms with van der Waals surface area (Å²) in [5, 5.41) is 10.4. The Hall–Kier alpha value is -3.23. The number of aliphatic hydroxyl groups is 1. The molecule has 8 heteroatoms. The van der Waals surface area contributed by atoms with E-state index in [0.717, 1.165) is 49.8 Å². The number of hydrogen-bond donors (Lipinski definition) is 1. The topological polar surface area (TPSA) is 80.6 Å². The molecule has 0 fully saturated rings. The van der Waals surface area contributed by atoms with E-state index in [1.54, 1.807) is 27.2 Å². The average Bonchev–Trinajstić information content (AvgIpc) is 2.84. The molecule has 188 valence electrons. The molecule has 7 nitrogen and oxygen atoms in total. The van der Waals surface area contributed by atoms with Crippen molar-refractivity contribution in [1.82, 2.24) is 15.0 Å². The van der Waals surface area contributed by atoms with Gasteiger partial charge in [0.15, 0.2) is 5.82 Å². The van der Waals surface area contributed by atoms with Gasteiger partial charge in [-0.3, -0.25) is 4.98 Å². The van der Waals surface area contributed by atoms with Crippen molar-refractivity contribution in [2.45, 2.75) is 46.8 Å². The van der Waals surface area contributed by atoms with Crippen molar-refractivity contribution in [3.8, 4) is 17.1 Å². The first-order chi connectivity index (χ1) is 17.1. The fourth-order valence-corrected chi connectivity index (χ4v) is 4.42. The number of anilines is 1.